The van der Waals surface area contributed by atoms with E-state index in [0.29, 0.717) is 17.0 Å². The summed E-state index contributed by atoms with van der Waals surface area (Å²) in [5.74, 6) is 0.0555. The van der Waals surface area contributed by atoms with Crippen molar-refractivity contribution in [2.75, 3.05) is 0 Å². The fraction of sp³-hybridized carbons (Fsp3) is 0.464. The lowest BCUT2D eigenvalue weighted by Crippen LogP contribution is -2.50. The number of halogens is 2. The van der Waals surface area contributed by atoms with Crippen LogP contribution in [0.15, 0.2) is 47.5 Å². The van der Waals surface area contributed by atoms with Crippen LogP contribution in [0.4, 0.5) is 4.39 Å². The van der Waals surface area contributed by atoms with Gasteiger partial charge < -0.3 is 5.32 Å². The molecule has 0 saturated carbocycles. The molecule has 188 valence electrons. The Hall–Kier alpha value is -2.73. The third-order valence-electron chi connectivity index (χ3n) is 7.01. The van der Waals surface area contributed by atoms with E-state index >= 15 is 0 Å². The van der Waals surface area contributed by atoms with Gasteiger partial charge in [0.05, 0.1) is 24.5 Å². The highest BCUT2D eigenvalue weighted by Gasteiger charge is 2.40. The average Bonchev–Trinajstić information content (AvgIpc) is 2.79. The van der Waals surface area contributed by atoms with E-state index in [0.717, 1.165) is 17.8 Å². The zero-order valence-corrected chi connectivity index (χ0v) is 22.1. The van der Waals surface area contributed by atoms with Gasteiger partial charge in [-0.25, -0.2) is 4.39 Å². The third-order valence-corrected chi connectivity index (χ3v) is 7.25. The Balaban J connectivity index is 1.86. The van der Waals surface area contributed by atoms with Crippen molar-refractivity contribution in [3.05, 3.63) is 70.0 Å². The second kappa shape index (κ2) is 10.9. The molecule has 7 heteroatoms. The van der Waals surface area contributed by atoms with Gasteiger partial charge in [0, 0.05) is 16.5 Å². The Bertz CT molecular complexity index is 1130. The molecular formula is C28H35ClFN3O2. The second-order valence-corrected chi connectivity index (χ2v) is 10.5. The number of carbonyl (C=O) groups excluding carboxylic acids is 2. The highest BCUT2D eigenvalue weighted by molar-refractivity contribution is 6.30. The predicted molar refractivity (Wildman–Crippen MR) is 139 cm³/mol. The van der Waals surface area contributed by atoms with E-state index in [1.165, 1.54) is 12.1 Å². The monoisotopic (exact) mass is 499 g/mol. The maximum absolute atomic E-state index is 14.6. The lowest BCUT2D eigenvalue weighted by atomic mass is 9.83. The molecule has 1 aliphatic heterocycles. The van der Waals surface area contributed by atoms with Crippen LogP contribution in [0.5, 0.6) is 0 Å². The first kappa shape index (κ1) is 26.9. The van der Waals surface area contributed by atoms with Crippen LogP contribution in [-0.2, 0) is 11.3 Å². The normalized spacial score (nSPS) is 20.0. The first-order valence-electron chi connectivity index (χ1n) is 12.2. The smallest absolute Gasteiger partial charge is 0.251 e. The van der Waals surface area contributed by atoms with Gasteiger partial charge in [0.25, 0.3) is 5.91 Å². The molecule has 0 spiro atoms. The van der Waals surface area contributed by atoms with Crippen LogP contribution in [-0.4, -0.2) is 28.1 Å². The van der Waals surface area contributed by atoms with Crippen LogP contribution in [0, 0.1) is 17.7 Å². The number of nitrogens with one attached hydrogen (secondary N) is 1. The highest BCUT2D eigenvalue weighted by Crippen LogP contribution is 2.33. The molecule has 0 aromatic heterocycles. The number of aliphatic imine (C=N–C) groups is 1. The molecule has 3 atom stereocenters. The van der Waals surface area contributed by atoms with Crippen molar-refractivity contribution in [2.24, 2.45) is 16.8 Å². The zero-order chi connectivity index (χ0) is 25.9. The van der Waals surface area contributed by atoms with Gasteiger partial charge >= 0.3 is 0 Å². The van der Waals surface area contributed by atoms with Gasteiger partial charge in [0.2, 0.25) is 5.91 Å². The largest absolute Gasteiger partial charge is 0.346 e. The van der Waals surface area contributed by atoms with Crippen molar-refractivity contribution < 1.29 is 14.0 Å². The maximum atomic E-state index is 14.6. The SMILES string of the molecule is CCC(C)C1=NC(C)(C(C)C)CC(=O)N1Cc1cc(F)cc(C(=O)NC(C)c2cccc(Cl)c2)c1. The average molecular weight is 500 g/mol. The predicted octanol–water partition coefficient (Wildman–Crippen LogP) is 6.56. The summed E-state index contributed by atoms with van der Waals surface area (Å²) in [5.41, 5.74) is 1.13. The maximum Gasteiger partial charge on any atom is 0.251 e. The summed E-state index contributed by atoms with van der Waals surface area (Å²) >= 11 is 6.06. The van der Waals surface area contributed by atoms with Crippen LogP contribution in [0.3, 0.4) is 0 Å². The molecule has 0 saturated heterocycles. The summed E-state index contributed by atoms with van der Waals surface area (Å²) in [4.78, 5) is 32.8. The number of rotatable bonds is 8. The number of hydrogen-bond acceptors (Lipinski definition) is 3. The summed E-state index contributed by atoms with van der Waals surface area (Å²) in [6, 6.07) is 11.1. The Morgan fingerprint density at radius 1 is 1.20 bits per heavy atom. The Morgan fingerprint density at radius 3 is 2.54 bits per heavy atom. The fourth-order valence-electron chi connectivity index (χ4n) is 4.15. The quantitative estimate of drug-likeness (QED) is 0.447. The van der Waals surface area contributed by atoms with Gasteiger partial charge in [0.1, 0.15) is 11.7 Å². The topological polar surface area (TPSA) is 61.8 Å². The van der Waals surface area contributed by atoms with E-state index in [2.05, 4.69) is 26.1 Å². The van der Waals surface area contributed by atoms with Gasteiger partial charge in [-0.05, 0) is 67.6 Å². The first-order chi connectivity index (χ1) is 16.4. The molecule has 2 aromatic carbocycles. The minimum absolute atomic E-state index is 0.0312. The molecule has 1 heterocycles. The molecule has 35 heavy (non-hydrogen) atoms. The van der Waals surface area contributed by atoms with Crippen molar-refractivity contribution in [2.45, 2.75) is 72.5 Å². The molecule has 2 amide bonds. The van der Waals surface area contributed by atoms with Crippen LogP contribution in [0.2, 0.25) is 5.02 Å². The van der Waals surface area contributed by atoms with Crippen LogP contribution in [0.1, 0.15) is 81.9 Å². The van der Waals surface area contributed by atoms with Crippen LogP contribution < -0.4 is 5.32 Å². The molecular weight excluding hydrogens is 465 g/mol. The third kappa shape index (κ3) is 6.29. The second-order valence-electron chi connectivity index (χ2n) is 10.0. The van der Waals surface area contributed by atoms with E-state index < -0.39 is 17.3 Å². The van der Waals surface area contributed by atoms with Crippen molar-refractivity contribution in [3.8, 4) is 0 Å². The van der Waals surface area contributed by atoms with Gasteiger partial charge in [-0.2, -0.15) is 0 Å². The Labute approximate surface area is 212 Å². The van der Waals surface area contributed by atoms with Gasteiger partial charge in [-0.1, -0.05) is 51.4 Å². The molecule has 1 N–H and O–H groups in total. The number of benzene rings is 2. The molecule has 0 aliphatic carbocycles. The number of amidine groups is 1. The molecule has 3 unspecified atom stereocenters. The number of hydrogen-bond donors (Lipinski definition) is 1. The Morgan fingerprint density at radius 2 is 1.91 bits per heavy atom. The van der Waals surface area contributed by atoms with Crippen molar-refractivity contribution in [3.63, 3.8) is 0 Å². The minimum atomic E-state index is -0.526. The highest BCUT2D eigenvalue weighted by atomic mass is 35.5. The van der Waals surface area contributed by atoms with E-state index in [1.807, 2.05) is 32.9 Å². The van der Waals surface area contributed by atoms with Crippen molar-refractivity contribution in [1.82, 2.24) is 10.2 Å². The lowest BCUT2D eigenvalue weighted by Gasteiger charge is -2.40. The summed E-state index contributed by atoms with van der Waals surface area (Å²) in [7, 11) is 0. The summed E-state index contributed by atoms with van der Waals surface area (Å²) in [5, 5.41) is 3.48. The molecule has 0 radical (unpaired) electrons. The first-order valence-corrected chi connectivity index (χ1v) is 12.6. The molecule has 1 aliphatic rings. The summed E-state index contributed by atoms with van der Waals surface area (Å²) in [6.45, 7) is 12.3. The Kier molecular flexibility index (Phi) is 8.37. The van der Waals surface area contributed by atoms with Crippen molar-refractivity contribution >= 4 is 29.3 Å². The fourth-order valence-corrected chi connectivity index (χ4v) is 4.35. The molecule has 0 bridgehead atoms. The summed E-state index contributed by atoms with van der Waals surface area (Å²) in [6.07, 6.45) is 1.12. The molecule has 2 aromatic rings. The molecule has 3 rings (SSSR count). The van der Waals surface area contributed by atoms with Gasteiger partial charge in [-0.3, -0.25) is 19.5 Å². The van der Waals surface area contributed by atoms with E-state index in [-0.39, 0.29) is 35.9 Å². The van der Waals surface area contributed by atoms with Gasteiger partial charge in [0.15, 0.2) is 0 Å². The van der Waals surface area contributed by atoms with E-state index in [1.54, 1.807) is 23.1 Å². The van der Waals surface area contributed by atoms with Gasteiger partial charge in [-0.15, -0.1) is 0 Å². The standard InChI is InChI=1S/C28H35ClFN3O2/c1-7-18(4)26-32-28(6,17(2)3)15-25(34)33(26)16-20-11-22(14-24(30)12-20)27(35)31-19(5)21-9-8-10-23(29)13-21/h8-14,17-19H,7,15-16H2,1-6H3,(H,31,35). The van der Waals surface area contributed by atoms with Crippen LogP contribution >= 0.6 is 11.6 Å². The number of nitrogens with zero attached hydrogens (tertiary/aromatic N) is 2. The number of amides is 2. The zero-order valence-electron chi connectivity index (χ0n) is 21.4. The van der Waals surface area contributed by atoms with E-state index in [4.69, 9.17) is 16.6 Å². The lowest BCUT2D eigenvalue weighted by molar-refractivity contribution is -0.130. The minimum Gasteiger partial charge on any atom is -0.346 e. The van der Waals surface area contributed by atoms with Crippen LogP contribution in [0.25, 0.3) is 0 Å². The summed E-state index contributed by atoms with van der Waals surface area (Å²) < 4.78 is 14.6. The van der Waals surface area contributed by atoms with Crippen molar-refractivity contribution in [1.29, 1.82) is 0 Å². The van der Waals surface area contributed by atoms with E-state index in [9.17, 15) is 14.0 Å². The number of carbonyl (C=O) groups is 2. The molecule has 5 nitrogen and oxygen atoms in total. The molecule has 0 fully saturated rings.